The van der Waals surface area contributed by atoms with Crippen LogP contribution in [0, 0.1) is 0 Å². The molecule has 1 heterocycles. The Hall–Kier alpha value is -1.99. The number of nitrogens with one attached hydrogen (secondary N) is 1. The van der Waals surface area contributed by atoms with Gasteiger partial charge in [0.1, 0.15) is 0 Å². The average molecular weight is 339 g/mol. The number of benzene rings is 1. The van der Waals surface area contributed by atoms with E-state index in [1.54, 1.807) is 18.6 Å². The van der Waals surface area contributed by atoms with Crippen LogP contribution in [0.5, 0.6) is 0 Å². The summed E-state index contributed by atoms with van der Waals surface area (Å²) in [4.78, 5) is 8.21. The zero-order chi connectivity index (χ0) is 17.7. The average Bonchev–Trinajstić information content (AvgIpc) is 2.59. The molecule has 0 saturated heterocycles. The van der Waals surface area contributed by atoms with Crippen molar-refractivity contribution in [3.8, 4) is 0 Å². The highest BCUT2D eigenvalue weighted by Gasteiger charge is 2.30. The lowest BCUT2D eigenvalue weighted by Crippen LogP contribution is -2.36. The minimum atomic E-state index is -4.38. The van der Waals surface area contributed by atoms with E-state index >= 15 is 0 Å². The van der Waals surface area contributed by atoms with E-state index < -0.39 is 17.8 Å². The van der Waals surface area contributed by atoms with Crippen LogP contribution in [0.25, 0.3) is 0 Å². The van der Waals surface area contributed by atoms with Crippen LogP contribution in [-0.2, 0) is 6.18 Å². The molecule has 3 unspecified atom stereocenters. The SMILES string of the molecule is CCC(NC(C)c1cnccn1)C(O)c1ccc(C(F)(F)F)cc1. The highest BCUT2D eigenvalue weighted by Crippen LogP contribution is 2.30. The molecule has 7 heteroatoms. The Balaban J connectivity index is 2.09. The molecule has 0 aliphatic heterocycles. The van der Waals surface area contributed by atoms with Crippen molar-refractivity contribution in [2.75, 3.05) is 0 Å². The summed E-state index contributed by atoms with van der Waals surface area (Å²) in [7, 11) is 0. The van der Waals surface area contributed by atoms with E-state index in [1.807, 2.05) is 13.8 Å². The predicted molar refractivity (Wildman–Crippen MR) is 84.1 cm³/mol. The van der Waals surface area contributed by atoms with Gasteiger partial charge in [-0.05, 0) is 31.0 Å². The quantitative estimate of drug-likeness (QED) is 0.843. The lowest BCUT2D eigenvalue weighted by atomic mass is 9.98. The molecule has 0 spiro atoms. The first-order chi connectivity index (χ1) is 11.3. The van der Waals surface area contributed by atoms with Gasteiger partial charge in [-0.3, -0.25) is 9.97 Å². The third-order valence-electron chi connectivity index (χ3n) is 3.89. The number of rotatable bonds is 6. The summed E-state index contributed by atoms with van der Waals surface area (Å²) in [5, 5.41) is 13.7. The summed E-state index contributed by atoms with van der Waals surface area (Å²) in [6, 6.07) is 4.12. The van der Waals surface area contributed by atoms with Gasteiger partial charge in [-0.2, -0.15) is 13.2 Å². The van der Waals surface area contributed by atoms with Gasteiger partial charge in [0.2, 0.25) is 0 Å². The summed E-state index contributed by atoms with van der Waals surface area (Å²) in [6.07, 6.45) is 0.0933. The first-order valence-electron chi connectivity index (χ1n) is 7.70. The molecule has 0 radical (unpaired) electrons. The fourth-order valence-corrected chi connectivity index (χ4v) is 2.47. The fourth-order valence-electron chi connectivity index (χ4n) is 2.47. The first kappa shape index (κ1) is 18.4. The van der Waals surface area contributed by atoms with E-state index in [9.17, 15) is 18.3 Å². The number of aliphatic hydroxyl groups is 1. The lowest BCUT2D eigenvalue weighted by molar-refractivity contribution is -0.137. The zero-order valence-corrected chi connectivity index (χ0v) is 13.5. The Morgan fingerprint density at radius 2 is 1.83 bits per heavy atom. The number of halogens is 3. The maximum atomic E-state index is 12.6. The number of aromatic nitrogens is 2. The van der Waals surface area contributed by atoms with Crippen molar-refractivity contribution in [1.82, 2.24) is 15.3 Å². The monoisotopic (exact) mass is 339 g/mol. The van der Waals surface area contributed by atoms with Crippen LogP contribution in [0.4, 0.5) is 13.2 Å². The number of alkyl halides is 3. The molecule has 0 fully saturated rings. The Morgan fingerprint density at radius 3 is 2.33 bits per heavy atom. The molecule has 1 aromatic heterocycles. The summed E-state index contributed by atoms with van der Waals surface area (Å²) >= 11 is 0. The Kier molecular flexibility index (Phi) is 5.90. The minimum absolute atomic E-state index is 0.146. The second-order valence-electron chi connectivity index (χ2n) is 5.60. The molecule has 130 valence electrons. The first-order valence-corrected chi connectivity index (χ1v) is 7.70. The number of hydrogen-bond acceptors (Lipinski definition) is 4. The van der Waals surface area contributed by atoms with Gasteiger partial charge in [0.15, 0.2) is 0 Å². The molecule has 1 aromatic carbocycles. The Morgan fingerprint density at radius 1 is 1.17 bits per heavy atom. The molecular formula is C17H20F3N3O. The molecule has 2 rings (SSSR count). The van der Waals surface area contributed by atoms with Gasteiger partial charge >= 0.3 is 6.18 Å². The molecular weight excluding hydrogens is 319 g/mol. The largest absolute Gasteiger partial charge is 0.416 e. The highest BCUT2D eigenvalue weighted by molar-refractivity contribution is 5.27. The van der Waals surface area contributed by atoms with Crippen LogP contribution in [0.15, 0.2) is 42.9 Å². The molecule has 0 aliphatic rings. The van der Waals surface area contributed by atoms with Gasteiger partial charge in [0.05, 0.1) is 17.4 Å². The van der Waals surface area contributed by atoms with Gasteiger partial charge in [0, 0.05) is 30.7 Å². The van der Waals surface area contributed by atoms with E-state index in [2.05, 4.69) is 15.3 Å². The number of aliphatic hydroxyl groups excluding tert-OH is 1. The van der Waals surface area contributed by atoms with E-state index in [0.717, 1.165) is 17.8 Å². The summed E-state index contributed by atoms with van der Waals surface area (Å²) in [5.41, 5.74) is 0.441. The predicted octanol–water partition coefficient (Wildman–Crippen LogP) is 3.66. The van der Waals surface area contributed by atoms with Gasteiger partial charge in [-0.25, -0.2) is 0 Å². The maximum absolute atomic E-state index is 12.6. The highest BCUT2D eigenvalue weighted by atomic mass is 19.4. The van der Waals surface area contributed by atoms with E-state index in [1.165, 1.54) is 12.1 Å². The van der Waals surface area contributed by atoms with Gasteiger partial charge in [0.25, 0.3) is 0 Å². The normalized spacial score (nSPS) is 15.8. The molecule has 3 atom stereocenters. The zero-order valence-electron chi connectivity index (χ0n) is 13.5. The Bertz CT molecular complexity index is 632. The van der Waals surface area contributed by atoms with Gasteiger partial charge < -0.3 is 10.4 Å². The molecule has 4 nitrogen and oxygen atoms in total. The third-order valence-corrected chi connectivity index (χ3v) is 3.89. The van der Waals surface area contributed by atoms with Gasteiger partial charge in [-0.15, -0.1) is 0 Å². The van der Waals surface area contributed by atoms with Crippen LogP contribution in [0.3, 0.4) is 0 Å². The summed E-state index contributed by atoms with van der Waals surface area (Å²) in [6.45, 7) is 3.79. The Labute approximate surface area is 138 Å². The van der Waals surface area contributed by atoms with Crippen molar-refractivity contribution in [1.29, 1.82) is 0 Å². The van der Waals surface area contributed by atoms with E-state index in [4.69, 9.17) is 0 Å². The van der Waals surface area contributed by atoms with Crippen molar-refractivity contribution < 1.29 is 18.3 Å². The van der Waals surface area contributed by atoms with E-state index in [0.29, 0.717) is 12.0 Å². The van der Waals surface area contributed by atoms with Crippen molar-refractivity contribution in [3.05, 3.63) is 59.7 Å². The number of hydrogen-bond donors (Lipinski definition) is 2. The van der Waals surface area contributed by atoms with Crippen molar-refractivity contribution >= 4 is 0 Å². The van der Waals surface area contributed by atoms with E-state index in [-0.39, 0.29) is 12.1 Å². The van der Waals surface area contributed by atoms with Crippen LogP contribution in [-0.4, -0.2) is 21.1 Å². The van der Waals surface area contributed by atoms with Crippen molar-refractivity contribution in [2.45, 2.75) is 44.6 Å². The second kappa shape index (κ2) is 7.72. The minimum Gasteiger partial charge on any atom is -0.387 e. The maximum Gasteiger partial charge on any atom is 0.416 e. The van der Waals surface area contributed by atoms with Crippen LogP contribution >= 0.6 is 0 Å². The van der Waals surface area contributed by atoms with Crippen molar-refractivity contribution in [2.24, 2.45) is 0 Å². The van der Waals surface area contributed by atoms with Crippen molar-refractivity contribution in [3.63, 3.8) is 0 Å². The standard InChI is InChI=1S/C17H20F3N3O/c1-3-14(23-11(2)15-10-21-8-9-22-15)16(24)12-4-6-13(7-5-12)17(18,19)20/h4-11,14,16,23-24H,3H2,1-2H3. The molecule has 0 bridgehead atoms. The topological polar surface area (TPSA) is 58.0 Å². The number of nitrogens with zero attached hydrogens (tertiary/aromatic N) is 2. The van der Waals surface area contributed by atoms with Crippen LogP contribution in [0.1, 0.15) is 49.2 Å². The van der Waals surface area contributed by atoms with Crippen LogP contribution in [0.2, 0.25) is 0 Å². The second-order valence-corrected chi connectivity index (χ2v) is 5.60. The summed E-state index contributed by atoms with van der Waals surface area (Å²) < 4.78 is 37.9. The lowest BCUT2D eigenvalue weighted by Gasteiger charge is -2.27. The van der Waals surface area contributed by atoms with Gasteiger partial charge in [-0.1, -0.05) is 19.1 Å². The fraction of sp³-hybridized carbons (Fsp3) is 0.412. The molecule has 24 heavy (non-hydrogen) atoms. The molecule has 0 aliphatic carbocycles. The molecule has 2 N–H and O–H groups in total. The molecule has 0 amide bonds. The molecule has 2 aromatic rings. The molecule has 0 saturated carbocycles. The third kappa shape index (κ3) is 4.52. The summed E-state index contributed by atoms with van der Waals surface area (Å²) in [5.74, 6) is 0. The smallest absolute Gasteiger partial charge is 0.387 e. The van der Waals surface area contributed by atoms with Crippen LogP contribution < -0.4 is 5.32 Å².